The Morgan fingerprint density at radius 2 is 2.10 bits per heavy atom. The molecule has 0 saturated carbocycles. The van der Waals surface area contributed by atoms with Crippen molar-refractivity contribution in [3.05, 3.63) is 29.3 Å². The van der Waals surface area contributed by atoms with E-state index in [1.54, 1.807) is 0 Å². The van der Waals surface area contributed by atoms with E-state index >= 15 is 0 Å². The molecule has 0 aromatic heterocycles. The van der Waals surface area contributed by atoms with Gasteiger partial charge in [0.2, 0.25) is 0 Å². The Morgan fingerprint density at radius 3 is 2.86 bits per heavy atom. The number of nitrogens with zero attached hydrogens (tertiary/aromatic N) is 2. The Morgan fingerprint density at radius 1 is 1.24 bits per heavy atom. The summed E-state index contributed by atoms with van der Waals surface area (Å²) < 4.78 is 0. The fourth-order valence-corrected chi connectivity index (χ4v) is 4.01. The highest BCUT2D eigenvalue weighted by Gasteiger charge is 2.32. The molecule has 2 N–H and O–H groups in total. The Labute approximate surface area is 129 Å². The first-order valence-corrected chi connectivity index (χ1v) is 8.49. The number of piperidine rings is 1. The number of nitrogens with two attached hydrogens (primary N) is 1. The predicted octanol–water partition coefficient (Wildman–Crippen LogP) is 2.56. The van der Waals surface area contributed by atoms with Crippen molar-refractivity contribution in [3.63, 3.8) is 0 Å². The van der Waals surface area contributed by atoms with Crippen LogP contribution in [0.1, 0.15) is 37.3 Å². The Balaban J connectivity index is 1.77. The van der Waals surface area contributed by atoms with E-state index in [0.717, 1.165) is 19.0 Å². The largest absolute Gasteiger partial charge is 0.366 e. The van der Waals surface area contributed by atoms with Crippen molar-refractivity contribution in [1.29, 1.82) is 0 Å². The maximum Gasteiger partial charge on any atom is 0.0389 e. The number of hydrogen-bond donors (Lipinski definition) is 1. The van der Waals surface area contributed by atoms with Gasteiger partial charge in [-0.1, -0.05) is 12.5 Å². The van der Waals surface area contributed by atoms with Crippen LogP contribution in [0.3, 0.4) is 0 Å². The molecule has 2 saturated heterocycles. The summed E-state index contributed by atoms with van der Waals surface area (Å²) >= 11 is 0. The van der Waals surface area contributed by atoms with Crippen LogP contribution in [0.5, 0.6) is 0 Å². The van der Waals surface area contributed by atoms with E-state index in [0.29, 0.717) is 6.04 Å². The van der Waals surface area contributed by atoms with Crippen molar-refractivity contribution in [2.24, 2.45) is 5.73 Å². The first kappa shape index (κ1) is 14.9. The molecule has 21 heavy (non-hydrogen) atoms. The molecule has 1 aromatic carbocycles. The zero-order chi connectivity index (χ0) is 14.8. The minimum Gasteiger partial charge on any atom is -0.366 e. The lowest BCUT2D eigenvalue weighted by Crippen LogP contribution is -2.58. The molecule has 2 unspecified atom stereocenters. The molecule has 0 spiro atoms. The van der Waals surface area contributed by atoms with Crippen molar-refractivity contribution in [2.45, 2.75) is 51.6 Å². The van der Waals surface area contributed by atoms with Crippen LogP contribution >= 0.6 is 0 Å². The van der Waals surface area contributed by atoms with E-state index in [4.69, 9.17) is 5.73 Å². The summed E-state index contributed by atoms with van der Waals surface area (Å²) in [6.45, 7) is 9.03. The van der Waals surface area contributed by atoms with Gasteiger partial charge in [-0.05, 0) is 69.5 Å². The molecule has 0 radical (unpaired) electrons. The van der Waals surface area contributed by atoms with Crippen LogP contribution in [0, 0.1) is 6.92 Å². The van der Waals surface area contributed by atoms with Gasteiger partial charge in [-0.15, -0.1) is 0 Å². The number of rotatable bonds is 3. The minimum atomic E-state index is 0.610. The highest BCUT2D eigenvalue weighted by atomic mass is 15.3. The SMILES string of the molecule is Cc1cc(N2CC3CCCCN3CC2C)ccc1CCN. The van der Waals surface area contributed by atoms with Crippen molar-refractivity contribution in [3.8, 4) is 0 Å². The standard InChI is InChI=1S/C18H29N3/c1-14-11-17(7-6-16(14)8-9-19)21-13-18-5-3-4-10-20(18)12-15(21)2/h6-7,11,15,18H,3-5,8-10,12-13,19H2,1-2H3. The van der Waals surface area contributed by atoms with Crippen LogP contribution in [-0.2, 0) is 6.42 Å². The molecule has 3 rings (SSSR count). The van der Waals surface area contributed by atoms with E-state index in [1.165, 1.54) is 55.7 Å². The molecule has 116 valence electrons. The fraction of sp³-hybridized carbons (Fsp3) is 0.667. The highest BCUT2D eigenvalue weighted by molar-refractivity contribution is 5.52. The van der Waals surface area contributed by atoms with Crippen LogP contribution in [-0.4, -0.2) is 43.2 Å². The predicted molar refractivity (Wildman–Crippen MR) is 90.0 cm³/mol. The van der Waals surface area contributed by atoms with Crippen molar-refractivity contribution in [2.75, 3.05) is 31.1 Å². The lowest BCUT2D eigenvalue weighted by molar-refractivity contribution is 0.115. The van der Waals surface area contributed by atoms with E-state index in [2.05, 4.69) is 41.8 Å². The van der Waals surface area contributed by atoms with E-state index in [-0.39, 0.29) is 0 Å². The third kappa shape index (κ3) is 3.09. The van der Waals surface area contributed by atoms with E-state index in [1.807, 2.05) is 0 Å². The molecule has 2 fully saturated rings. The summed E-state index contributed by atoms with van der Waals surface area (Å²) in [6, 6.07) is 8.31. The van der Waals surface area contributed by atoms with Gasteiger partial charge < -0.3 is 10.6 Å². The molecule has 3 nitrogen and oxygen atoms in total. The second kappa shape index (κ2) is 6.37. The molecule has 0 amide bonds. The van der Waals surface area contributed by atoms with Crippen molar-refractivity contribution in [1.82, 2.24) is 4.90 Å². The number of hydrogen-bond acceptors (Lipinski definition) is 3. The normalized spacial score (nSPS) is 26.7. The molecule has 3 heteroatoms. The topological polar surface area (TPSA) is 32.5 Å². The number of anilines is 1. The maximum atomic E-state index is 5.69. The van der Waals surface area contributed by atoms with Gasteiger partial charge in [-0.2, -0.15) is 0 Å². The molecule has 2 aliphatic rings. The first-order chi connectivity index (χ1) is 10.2. The monoisotopic (exact) mass is 287 g/mol. The van der Waals surface area contributed by atoms with Gasteiger partial charge in [-0.3, -0.25) is 4.90 Å². The van der Waals surface area contributed by atoms with E-state index in [9.17, 15) is 0 Å². The molecule has 0 aliphatic carbocycles. The number of aryl methyl sites for hydroxylation is 1. The Kier molecular flexibility index (Phi) is 4.51. The molecular formula is C18H29N3. The molecule has 1 aromatic rings. The van der Waals surface area contributed by atoms with Gasteiger partial charge >= 0.3 is 0 Å². The van der Waals surface area contributed by atoms with Crippen LogP contribution < -0.4 is 10.6 Å². The van der Waals surface area contributed by atoms with Crippen LogP contribution in [0.15, 0.2) is 18.2 Å². The minimum absolute atomic E-state index is 0.610. The summed E-state index contributed by atoms with van der Waals surface area (Å²) in [6.07, 6.45) is 5.14. The third-order valence-corrected chi connectivity index (χ3v) is 5.26. The Bertz CT molecular complexity index is 485. The second-order valence-corrected chi connectivity index (χ2v) is 6.80. The third-order valence-electron chi connectivity index (χ3n) is 5.26. The fourth-order valence-electron chi connectivity index (χ4n) is 4.01. The van der Waals surface area contributed by atoms with Gasteiger partial charge in [0.05, 0.1) is 0 Å². The summed E-state index contributed by atoms with van der Waals surface area (Å²) in [5, 5.41) is 0. The van der Waals surface area contributed by atoms with Gasteiger partial charge in [0.1, 0.15) is 0 Å². The average Bonchev–Trinajstić information content (AvgIpc) is 2.49. The molecular weight excluding hydrogens is 258 g/mol. The van der Waals surface area contributed by atoms with Crippen LogP contribution in [0.25, 0.3) is 0 Å². The van der Waals surface area contributed by atoms with Crippen LogP contribution in [0.4, 0.5) is 5.69 Å². The first-order valence-electron chi connectivity index (χ1n) is 8.49. The molecule has 2 atom stereocenters. The Hall–Kier alpha value is -1.06. The number of piperazine rings is 1. The van der Waals surface area contributed by atoms with Gasteiger partial charge in [-0.25, -0.2) is 0 Å². The summed E-state index contributed by atoms with van der Waals surface area (Å²) in [4.78, 5) is 5.33. The van der Waals surface area contributed by atoms with E-state index < -0.39 is 0 Å². The average molecular weight is 287 g/mol. The second-order valence-electron chi connectivity index (χ2n) is 6.80. The molecule has 0 bridgehead atoms. The van der Waals surface area contributed by atoms with Crippen LogP contribution in [0.2, 0.25) is 0 Å². The van der Waals surface area contributed by atoms with Crippen molar-refractivity contribution < 1.29 is 0 Å². The van der Waals surface area contributed by atoms with Gasteiger partial charge in [0.15, 0.2) is 0 Å². The number of benzene rings is 1. The number of fused-ring (bicyclic) bond motifs is 1. The quantitative estimate of drug-likeness (QED) is 0.927. The molecule has 2 aliphatic heterocycles. The van der Waals surface area contributed by atoms with Gasteiger partial charge in [0, 0.05) is 30.9 Å². The smallest absolute Gasteiger partial charge is 0.0389 e. The van der Waals surface area contributed by atoms with Gasteiger partial charge in [0.25, 0.3) is 0 Å². The maximum absolute atomic E-state index is 5.69. The summed E-state index contributed by atoms with van der Waals surface area (Å²) in [5.74, 6) is 0. The summed E-state index contributed by atoms with van der Waals surface area (Å²) in [5.41, 5.74) is 9.86. The van der Waals surface area contributed by atoms with Crippen molar-refractivity contribution >= 4 is 5.69 Å². The highest BCUT2D eigenvalue weighted by Crippen LogP contribution is 2.29. The lowest BCUT2D eigenvalue weighted by atomic mass is 9.96. The zero-order valence-electron chi connectivity index (χ0n) is 13.5. The lowest BCUT2D eigenvalue weighted by Gasteiger charge is -2.48. The zero-order valence-corrected chi connectivity index (χ0v) is 13.5. The summed E-state index contributed by atoms with van der Waals surface area (Å²) in [7, 11) is 0. The molecule has 2 heterocycles.